The van der Waals surface area contributed by atoms with Crippen molar-refractivity contribution in [3.63, 3.8) is 0 Å². The van der Waals surface area contributed by atoms with E-state index in [9.17, 15) is 24.3 Å². The van der Waals surface area contributed by atoms with Crippen molar-refractivity contribution in [2.45, 2.75) is 24.0 Å². The Morgan fingerprint density at radius 2 is 1.51 bits per heavy atom. The van der Waals surface area contributed by atoms with Crippen LogP contribution in [0.25, 0.3) is 6.08 Å². The standard InChI is InChI=1S/C33H28ClN3O5S/c1-20-12-13-24(33(41)42)19-28(20)36-30(38)21(2)43-26-16-14-25(15-17-26)35-32(40)29(18-23-10-6-7-11-27(23)34)37-31(39)22-8-4-3-5-9-22/h3-19,21H,1-2H3,(H,35,40)(H,36,38)(H,37,39)(H,41,42)/b29-18-. The number of thioether (sulfide) groups is 1. The summed E-state index contributed by atoms with van der Waals surface area (Å²) in [4.78, 5) is 51.0. The summed E-state index contributed by atoms with van der Waals surface area (Å²) < 4.78 is 0. The van der Waals surface area contributed by atoms with Gasteiger partial charge in [-0.3, -0.25) is 14.4 Å². The Balaban J connectivity index is 1.43. The minimum Gasteiger partial charge on any atom is -0.478 e. The second-order valence-corrected chi connectivity index (χ2v) is 11.3. The second kappa shape index (κ2) is 14.4. The van der Waals surface area contributed by atoms with Crippen molar-refractivity contribution in [1.82, 2.24) is 5.32 Å². The van der Waals surface area contributed by atoms with Crippen LogP contribution in [0.5, 0.6) is 0 Å². The molecule has 0 radical (unpaired) electrons. The molecule has 0 saturated heterocycles. The van der Waals surface area contributed by atoms with Crippen LogP contribution in [0.4, 0.5) is 11.4 Å². The number of aromatic carboxylic acids is 1. The van der Waals surface area contributed by atoms with Crippen molar-refractivity contribution in [1.29, 1.82) is 0 Å². The van der Waals surface area contributed by atoms with Gasteiger partial charge in [0.2, 0.25) is 5.91 Å². The van der Waals surface area contributed by atoms with Gasteiger partial charge in [-0.2, -0.15) is 0 Å². The average molecular weight is 614 g/mol. The number of benzene rings is 4. The van der Waals surface area contributed by atoms with Gasteiger partial charge in [0.05, 0.1) is 10.8 Å². The van der Waals surface area contributed by atoms with Crippen LogP contribution >= 0.6 is 23.4 Å². The normalized spacial score (nSPS) is 11.7. The molecule has 0 aromatic heterocycles. The zero-order valence-corrected chi connectivity index (χ0v) is 24.8. The highest BCUT2D eigenvalue weighted by Gasteiger charge is 2.18. The highest BCUT2D eigenvalue weighted by molar-refractivity contribution is 8.00. The summed E-state index contributed by atoms with van der Waals surface area (Å²) >= 11 is 7.60. The fourth-order valence-corrected chi connectivity index (χ4v) is 4.94. The number of halogens is 1. The zero-order valence-electron chi connectivity index (χ0n) is 23.3. The molecule has 8 nitrogen and oxygen atoms in total. The number of carbonyl (C=O) groups excluding carboxylic acids is 3. The SMILES string of the molecule is Cc1ccc(C(=O)O)cc1NC(=O)C(C)Sc1ccc(NC(=O)/C(=C/c2ccccc2Cl)NC(=O)c2ccccc2)cc1. The molecule has 0 aliphatic rings. The fourth-order valence-electron chi connectivity index (χ4n) is 3.89. The van der Waals surface area contributed by atoms with E-state index in [-0.39, 0.29) is 17.2 Å². The highest BCUT2D eigenvalue weighted by Crippen LogP contribution is 2.27. The lowest BCUT2D eigenvalue weighted by molar-refractivity contribution is -0.115. The molecule has 4 aromatic carbocycles. The summed E-state index contributed by atoms with van der Waals surface area (Å²) in [5, 5.41) is 17.4. The molecule has 4 rings (SSSR count). The second-order valence-electron chi connectivity index (χ2n) is 9.46. The molecule has 4 aromatic rings. The van der Waals surface area contributed by atoms with Crippen LogP contribution in [0, 0.1) is 6.92 Å². The molecule has 0 fully saturated rings. The van der Waals surface area contributed by atoms with E-state index in [0.717, 1.165) is 10.5 Å². The van der Waals surface area contributed by atoms with E-state index in [2.05, 4.69) is 16.0 Å². The maximum Gasteiger partial charge on any atom is 0.335 e. The number of carboxylic acids is 1. The molecular weight excluding hydrogens is 586 g/mol. The highest BCUT2D eigenvalue weighted by atomic mass is 35.5. The van der Waals surface area contributed by atoms with E-state index in [1.54, 1.807) is 98.8 Å². The van der Waals surface area contributed by atoms with Crippen LogP contribution in [0.15, 0.2) is 108 Å². The van der Waals surface area contributed by atoms with E-state index in [1.807, 2.05) is 0 Å². The molecule has 1 unspecified atom stereocenters. The summed E-state index contributed by atoms with van der Waals surface area (Å²) in [5.74, 6) is -2.35. The van der Waals surface area contributed by atoms with Crippen LogP contribution in [0.1, 0.15) is 38.8 Å². The fraction of sp³-hybridized carbons (Fsp3) is 0.0909. The largest absolute Gasteiger partial charge is 0.478 e. The summed E-state index contributed by atoms with van der Waals surface area (Å²) in [7, 11) is 0. The molecule has 1 atom stereocenters. The summed E-state index contributed by atoms with van der Waals surface area (Å²) in [6, 6.07) is 27.0. The topological polar surface area (TPSA) is 125 Å². The summed E-state index contributed by atoms with van der Waals surface area (Å²) in [6.07, 6.45) is 1.51. The van der Waals surface area contributed by atoms with Crippen LogP contribution < -0.4 is 16.0 Å². The molecule has 0 spiro atoms. The summed E-state index contributed by atoms with van der Waals surface area (Å²) in [5.41, 5.74) is 2.72. The van der Waals surface area contributed by atoms with Gasteiger partial charge >= 0.3 is 5.97 Å². The lowest BCUT2D eigenvalue weighted by Crippen LogP contribution is -2.30. The third-order valence-electron chi connectivity index (χ3n) is 6.27. The lowest BCUT2D eigenvalue weighted by Gasteiger charge is -2.15. The number of nitrogens with one attached hydrogen (secondary N) is 3. The quantitative estimate of drug-likeness (QED) is 0.114. The lowest BCUT2D eigenvalue weighted by atomic mass is 10.1. The van der Waals surface area contributed by atoms with Crippen molar-refractivity contribution in [2.24, 2.45) is 0 Å². The minimum atomic E-state index is -1.07. The average Bonchev–Trinajstić information content (AvgIpc) is 3.00. The van der Waals surface area contributed by atoms with Crippen LogP contribution in [-0.4, -0.2) is 34.0 Å². The maximum absolute atomic E-state index is 13.3. The van der Waals surface area contributed by atoms with Crippen LogP contribution in [-0.2, 0) is 9.59 Å². The Kier molecular flexibility index (Phi) is 10.4. The molecule has 0 heterocycles. The Labute approximate surface area is 258 Å². The Morgan fingerprint density at radius 3 is 2.19 bits per heavy atom. The van der Waals surface area contributed by atoms with Gasteiger partial charge in [0.1, 0.15) is 5.70 Å². The molecule has 43 heavy (non-hydrogen) atoms. The number of amides is 3. The van der Waals surface area contributed by atoms with Crippen molar-refractivity contribution in [3.05, 3.63) is 130 Å². The van der Waals surface area contributed by atoms with E-state index in [0.29, 0.717) is 27.5 Å². The van der Waals surface area contributed by atoms with Gasteiger partial charge in [0.25, 0.3) is 11.8 Å². The van der Waals surface area contributed by atoms with Gasteiger partial charge in [-0.05, 0) is 85.6 Å². The number of carboxylic acid groups (broad SMARTS) is 1. The van der Waals surface area contributed by atoms with Crippen molar-refractivity contribution in [3.8, 4) is 0 Å². The predicted octanol–water partition coefficient (Wildman–Crippen LogP) is 6.88. The smallest absolute Gasteiger partial charge is 0.335 e. The van der Waals surface area contributed by atoms with Gasteiger partial charge in [-0.1, -0.05) is 54.1 Å². The van der Waals surface area contributed by atoms with E-state index >= 15 is 0 Å². The molecule has 0 aliphatic carbocycles. The number of carbonyl (C=O) groups is 4. The zero-order chi connectivity index (χ0) is 30.9. The Morgan fingerprint density at radius 1 is 0.837 bits per heavy atom. The first kappa shape index (κ1) is 31.1. The van der Waals surface area contributed by atoms with E-state index in [1.165, 1.54) is 30.0 Å². The maximum atomic E-state index is 13.3. The first-order chi connectivity index (χ1) is 20.6. The van der Waals surface area contributed by atoms with Gasteiger partial charge < -0.3 is 21.1 Å². The van der Waals surface area contributed by atoms with Gasteiger partial charge in [0, 0.05) is 26.9 Å². The number of hydrogen-bond donors (Lipinski definition) is 4. The molecule has 218 valence electrons. The molecule has 0 saturated carbocycles. The number of aryl methyl sites for hydroxylation is 1. The van der Waals surface area contributed by atoms with E-state index < -0.39 is 23.0 Å². The third-order valence-corrected chi connectivity index (χ3v) is 7.73. The molecule has 0 bridgehead atoms. The Bertz CT molecular complexity index is 1690. The van der Waals surface area contributed by atoms with E-state index in [4.69, 9.17) is 11.6 Å². The van der Waals surface area contributed by atoms with Crippen molar-refractivity contribution < 1.29 is 24.3 Å². The van der Waals surface area contributed by atoms with Crippen molar-refractivity contribution >= 4 is 64.5 Å². The first-order valence-corrected chi connectivity index (χ1v) is 14.4. The molecule has 10 heteroatoms. The van der Waals surface area contributed by atoms with Gasteiger partial charge in [0.15, 0.2) is 0 Å². The predicted molar refractivity (Wildman–Crippen MR) is 170 cm³/mol. The minimum absolute atomic E-state index is 0.00737. The first-order valence-electron chi connectivity index (χ1n) is 13.2. The van der Waals surface area contributed by atoms with Crippen molar-refractivity contribution in [2.75, 3.05) is 10.6 Å². The number of anilines is 2. The number of hydrogen-bond acceptors (Lipinski definition) is 5. The molecule has 4 N–H and O–H groups in total. The molecule has 3 amide bonds. The monoisotopic (exact) mass is 613 g/mol. The Hall–Kier alpha value is -4.86. The van der Waals surface area contributed by atoms with Gasteiger partial charge in [-0.15, -0.1) is 11.8 Å². The summed E-state index contributed by atoms with van der Waals surface area (Å²) in [6.45, 7) is 3.53. The van der Waals surface area contributed by atoms with Crippen LogP contribution in [0.2, 0.25) is 5.02 Å². The third kappa shape index (κ3) is 8.57. The van der Waals surface area contributed by atoms with Gasteiger partial charge in [-0.25, -0.2) is 4.79 Å². The molecular formula is C33H28ClN3O5S. The molecule has 0 aliphatic heterocycles. The van der Waals surface area contributed by atoms with Crippen LogP contribution in [0.3, 0.4) is 0 Å². The number of rotatable bonds is 10.